The van der Waals surface area contributed by atoms with Gasteiger partial charge in [-0.15, -0.1) is 0 Å². The first kappa shape index (κ1) is 14.1. The summed E-state index contributed by atoms with van der Waals surface area (Å²) >= 11 is 5.40. The number of thiocarbonyl (C=S) groups is 1. The summed E-state index contributed by atoms with van der Waals surface area (Å²) in [7, 11) is 1.98. The van der Waals surface area contributed by atoms with Crippen LogP contribution in [0.15, 0.2) is 30.3 Å². The second-order valence-corrected chi connectivity index (χ2v) is 5.76. The van der Waals surface area contributed by atoms with E-state index in [9.17, 15) is 0 Å². The number of nitrogens with one attached hydrogen (secondary N) is 2. The van der Waals surface area contributed by atoms with Crippen molar-refractivity contribution < 1.29 is 0 Å². The molecule has 0 aliphatic heterocycles. The third-order valence-corrected chi connectivity index (χ3v) is 4.05. The molecule has 4 heteroatoms. The van der Waals surface area contributed by atoms with Crippen LogP contribution in [-0.2, 0) is 0 Å². The lowest BCUT2D eigenvalue weighted by molar-refractivity contribution is 0.308. The molecule has 0 spiro atoms. The van der Waals surface area contributed by atoms with Crippen LogP contribution in [0.1, 0.15) is 32.6 Å². The number of benzene rings is 1. The predicted molar refractivity (Wildman–Crippen MR) is 85.1 cm³/mol. The van der Waals surface area contributed by atoms with E-state index < -0.39 is 0 Å². The highest BCUT2D eigenvalue weighted by Gasteiger charge is 2.21. The van der Waals surface area contributed by atoms with Crippen molar-refractivity contribution in [3.63, 3.8) is 0 Å². The van der Waals surface area contributed by atoms with E-state index in [2.05, 4.69) is 29.8 Å². The van der Waals surface area contributed by atoms with Crippen molar-refractivity contribution in [2.45, 2.75) is 38.6 Å². The van der Waals surface area contributed by atoms with Crippen molar-refractivity contribution in [2.75, 3.05) is 12.1 Å². The molecular formula is C15H23N3S. The Balaban J connectivity index is 1.84. The van der Waals surface area contributed by atoms with E-state index in [0.717, 1.165) is 5.69 Å². The van der Waals surface area contributed by atoms with E-state index in [1.54, 1.807) is 0 Å². The van der Waals surface area contributed by atoms with Gasteiger partial charge in [0.2, 0.25) is 0 Å². The summed E-state index contributed by atoms with van der Waals surface area (Å²) in [6.45, 7) is 2.31. The number of rotatable bonds is 3. The lowest BCUT2D eigenvalue weighted by atomic mass is 9.86. The van der Waals surface area contributed by atoms with Crippen LogP contribution in [0.25, 0.3) is 0 Å². The molecule has 104 valence electrons. The van der Waals surface area contributed by atoms with Crippen LogP contribution < -0.4 is 15.8 Å². The number of hydrogen-bond donors (Lipinski definition) is 2. The molecule has 1 saturated carbocycles. The first-order chi connectivity index (χ1) is 9.16. The summed E-state index contributed by atoms with van der Waals surface area (Å²) in [5.41, 5.74) is 4.32. The van der Waals surface area contributed by atoms with Gasteiger partial charge in [-0.05, 0) is 43.1 Å². The summed E-state index contributed by atoms with van der Waals surface area (Å²) in [4.78, 5) is 0. The zero-order chi connectivity index (χ0) is 13.7. The van der Waals surface area contributed by atoms with Crippen molar-refractivity contribution in [2.24, 2.45) is 5.92 Å². The summed E-state index contributed by atoms with van der Waals surface area (Å²) < 4.78 is 0. The smallest absolute Gasteiger partial charge is 0.185 e. The average Bonchev–Trinajstić information content (AvgIpc) is 2.42. The molecule has 0 radical (unpaired) electrons. The number of nitrogens with zero attached hydrogens (tertiary/aromatic N) is 1. The molecule has 0 aromatic heterocycles. The van der Waals surface area contributed by atoms with Crippen molar-refractivity contribution in [1.29, 1.82) is 0 Å². The minimum atomic E-state index is 0.512. The van der Waals surface area contributed by atoms with E-state index in [0.29, 0.717) is 17.1 Å². The predicted octanol–water partition coefficient (Wildman–Crippen LogP) is 3.08. The lowest BCUT2D eigenvalue weighted by Gasteiger charge is -2.32. The molecule has 1 aliphatic carbocycles. The summed E-state index contributed by atoms with van der Waals surface area (Å²) in [5, 5.41) is 6.11. The van der Waals surface area contributed by atoms with Gasteiger partial charge in [0.05, 0.1) is 5.69 Å². The minimum Gasteiger partial charge on any atom is -0.358 e. The Labute approximate surface area is 121 Å². The standard InChI is InChI=1S/C15H23N3S/c1-12-8-6-7-11-14(12)16-15(19)17-18(2)13-9-4-3-5-10-13/h3-5,9-10,12,14H,6-8,11H2,1-2H3,(H2,16,17,19)/t12-,14+/m0/s1. The van der Waals surface area contributed by atoms with Gasteiger partial charge >= 0.3 is 0 Å². The van der Waals surface area contributed by atoms with Crippen molar-refractivity contribution >= 4 is 23.0 Å². The zero-order valence-electron chi connectivity index (χ0n) is 11.7. The SMILES string of the molecule is C[C@H]1CCCC[C@H]1NC(=S)NN(C)c1ccccc1. The van der Waals surface area contributed by atoms with Gasteiger partial charge < -0.3 is 5.32 Å². The highest BCUT2D eigenvalue weighted by Crippen LogP contribution is 2.23. The lowest BCUT2D eigenvalue weighted by Crippen LogP contribution is -2.50. The van der Waals surface area contributed by atoms with E-state index in [1.165, 1.54) is 25.7 Å². The molecule has 0 heterocycles. The number of para-hydroxylation sites is 1. The zero-order valence-corrected chi connectivity index (χ0v) is 12.5. The Morgan fingerprint density at radius 2 is 1.89 bits per heavy atom. The first-order valence-electron chi connectivity index (χ1n) is 7.03. The molecule has 2 N–H and O–H groups in total. The van der Waals surface area contributed by atoms with Crippen LogP contribution in [0.3, 0.4) is 0 Å². The highest BCUT2D eigenvalue weighted by molar-refractivity contribution is 7.80. The van der Waals surface area contributed by atoms with Gasteiger partial charge in [-0.3, -0.25) is 10.4 Å². The Kier molecular flexibility index (Phi) is 5.02. The van der Waals surface area contributed by atoms with Crippen LogP contribution in [0, 0.1) is 5.92 Å². The summed E-state index contributed by atoms with van der Waals surface area (Å²) in [6.07, 6.45) is 5.18. The molecule has 1 fully saturated rings. The van der Waals surface area contributed by atoms with E-state index in [-0.39, 0.29) is 0 Å². The maximum absolute atomic E-state index is 5.40. The Morgan fingerprint density at radius 3 is 2.58 bits per heavy atom. The highest BCUT2D eigenvalue weighted by atomic mass is 32.1. The van der Waals surface area contributed by atoms with Gasteiger partial charge in [-0.2, -0.15) is 0 Å². The van der Waals surface area contributed by atoms with Crippen LogP contribution in [0.5, 0.6) is 0 Å². The number of hydrogen-bond acceptors (Lipinski definition) is 2. The van der Waals surface area contributed by atoms with Crippen LogP contribution in [-0.4, -0.2) is 18.2 Å². The van der Waals surface area contributed by atoms with Gasteiger partial charge in [0.1, 0.15) is 0 Å². The summed E-state index contributed by atoms with van der Waals surface area (Å²) in [5.74, 6) is 0.704. The Bertz CT molecular complexity index is 407. The quantitative estimate of drug-likeness (QED) is 0.656. The van der Waals surface area contributed by atoms with Crippen LogP contribution >= 0.6 is 12.2 Å². The molecule has 19 heavy (non-hydrogen) atoms. The molecule has 1 aromatic rings. The normalized spacial score (nSPS) is 22.6. The van der Waals surface area contributed by atoms with E-state index >= 15 is 0 Å². The molecule has 0 saturated heterocycles. The number of hydrazine groups is 1. The molecule has 3 nitrogen and oxygen atoms in total. The Hall–Kier alpha value is -1.29. The largest absolute Gasteiger partial charge is 0.358 e. The molecular weight excluding hydrogens is 254 g/mol. The molecule has 0 bridgehead atoms. The monoisotopic (exact) mass is 277 g/mol. The summed E-state index contributed by atoms with van der Waals surface area (Å²) in [6, 6.07) is 10.7. The van der Waals surface area contributed by atoms with Crippen molar-refractivity contribution in [1.82, 2.24) is 10.7 Å². The molecule has 2 atom stereocenters. The fourth-order valence-electron chi connectivity index (χ4n) is 2.60. The Morgan fingerprint density at radius 1 is 1.21 bits per heavy atom. The third-order valence-electron chi connectivity index (χ3n) is 3.84. The van der Waals surface area contributed by atoms with Gasteiger partial charge in [-0.25, -0.2) is 0 Å². The molecule has 1 aliphatic rings. The topological polar surface area (TPSA) is 27.3 Å². The van der Waals surface area contributed by atoms with E-state index in [4.69, 9.17) is 12.2 Å². The molecule has 0 unspecified atom stereocenters. The van der Waals surface area contributed by atoms with Gasteiger partial charge in [0, 0.05) is 13.1 Å². The maximum Gasteiger partial charge on any atom is 0.185 e. The van der Waals surface area contributed by atoms with Crippen molar-refractivity contribution in [3.8, 4) is 0 Å². The van der Waals surface area contributed by atoms with Crippen molar-refractivity contribution in [3.05, 3.63) is 30.3 Å². The van der Waals surface area contributed by atoms with Crippen LogP contribution in [0.4, 0.5) is 5.69 Å². The minimum absolute atomic E-state index is 0.512. The fourth-order valence-corrected chi connectivity index (χ4v) is 2.89. The third kappa shape index (κ3) is 4.10. The fraction of sp³-hybridized carbons (Fsp3) is 0.533. The van der Waals surface area contributed by atoms with Gasteiger partial charge in [0.25, 0.3) is 0 Å². The average molecular weight is 277 g/mol. The van der Waals surface area contributed by atoms with Gasteiger partial charge in [0.15, 0.2) is 5.11 Å². The van der Waals surface area contributed by atoms with Crippen LogP contribution in [0.2, 0.25) is 0 Å². The molecule has 2 rings (SSSR count). The van der Waals surface area contributed by atoms with Gasteiger partial charge in [-0.1, -0.05) is 38.0 Å². The molecule has 1 aromatic carbocycles. The number of anilines is 1. The maximum atomic E-state index is 5.40. The first-order valence-corrected chi connectivity index (χ1v) is 7.43. The van der Waals surface area contributed by atoms with E-state index in [1.807, 2.05) is 30.3 Å². The molecule has 0 amide bonds. The second-order valence-electron chi connectivity index (χ2n) is 5.35. The second kappa shape index (κ2) is 6.75.